The van der Waals surface area contributed by atoms with Crippen LogP contribution in [0.5, 0.6) is 5.75 Å². The fourth-order valence-electron chi connectivity index (χ4n) is 4.19. The Balaban J connectivity index is 1.64. The largest absolute Gasteiger partial charge is 0.505 e. The summed E-state index contributed by atoms with van der Waals surface area (Å²) in [5.41, 5.74) is 5.91. The van der Waals surface area contributed by atoms with Crippen LogP contribution in [0.15, 0.2) is 60.8 Å². The molecule has 0 bridgehead atoms. The van der Waals surface area contributed by atoms with Gasteiger partial charge < -0.3 is 10.4 Å². The van der Waals surface area contributed by atoms with Gasteiger partial charge >= 0.3 is 0 Å². The number of Topliss-reactive ketones (excluding diaryl/α,β-unsaturated/α-hetero) is 1. The number of rotatable bonds is 5. The lowest BCUT2D eigenvalue weighted by molar-refractivity contribution is 0.0968. The molecule has 1 aliphatic carbocycles. The predicted octanol–water partition coefficient (Wildman–Crippen LogP) is 8.55. The first-order valence-electron chi connectivity index (χ1n) is 11.6. The Kier molecular flexibility index (Phi) is 5.98. The van der Waals surface area contributed by atoms with Gasteiger partial charge in [-0.05, 0) is 71.3 Å². The van der Waals surface area contributed by atoms with Crippen LogP contribution in [0.4, 0.5) is 11.4 Å². The summed E-state index contributed by atoms with van der Waals surface area (Å²) in [6.45, 7) is 6.55. The molecule has 0 saturated heterocycles. The van der Waals surface area contributed by atoms with E-state index in [9.17, 15) is 9.90 Å². The molecule has 35 heavy (non-hydrogen) atoms. The van der Waals surface area contributed by atoms with Crippen molar-refractivity contribution in [3.63, 3.8) is 0 Å². The van der Waals surface area contributed by atoms with Crippen LogP contribution in [0.3, 0.4) is 0 Å². The number of aromatic nitrogens is 1. The van der Waals surface area contributed by atoms with Gasteiger partial charge in [-0.1, -0.05) is 62.2 Å². The zero-order valence-electron chi connectivity index (χ0n) is 19.8. The second-order valence-electron chi connectivity index (χ2n) is 10.2. The standard InChI is InChI=1S/C29H26Cl2N2O2/c1-29(2,3)19-7-9-20(10-8-19)33-26-21-12-17(18-13-23(30)28(35)24(31)14-18)6-11-25(21)32-15-22(26)27(34)16-4-5-16/h6-16,35H,4-5H2,1-3H3,(H,32,33). The molecule has 4 nitrogen and oxygen atoms in total. The Labute approximate surface area is 214 Å². The number of carbonyl (C=O) groups excluding carboxylic acids is 1. The fraction of sp³-hybridized carbons (Fsp3) is 0.241. The number of anilines is 2. The summed E-state index contributed by atoms with van der Waals surface area (Å²) in [5.74, 6) is 0.0446. The maximum absolute atomic E-state index is 13.2. The predicted molar refractivity (Wildman–Crippen MR) is 144 cm³/mol. The summed E-state index contributed by atoms with van der Waals surface area (Å²) >= 11 is 12.4. The second kappa shape index (κ2) is 8.85. The molecular formula is C29H26Cl2N2O2. The minimum atomic E-state index is -0.141. The van der Waals surface area contributed by atoms with Gasteiger partial charge in [0.25, 0.3) is 0 Å². The summed E-state index contributed by atoms with van der Waals surface area (Å²) in [6, 6.07) is 17.5. The summed E-state index contributed by atoms with van der Waals surface area (Å²) in [6.07, 6.45) is 3.52. The fourth-order valence-corrected chi connectivity index (χ4v) is 4.68. The molecule has 0 amide bonds. The van der Waals surface area contributed by atoms with Crippen molar-refractivity contribution in [3.8, 4) is 16.9 Å². The maximum Gasteiger partial charge on any atom is 0.169 e. The van der Waals surface area contributed by atoms with Gasteiger partial charge in [-0.15, -0.1) is 0 Å². The summed E-state index contributed by atoms with van der Waals surface area (Å²) in [5, 5.41) is 14.7. The Morgan fingerprint density at radius 3 is 2.23 bits per heavy atom. The van der Waals surface area contributed by atoms with Gasteiger partial charge in [0.15, 0.2) is 11.5 Å². The number of aromatic hydroxyl groups is 1. The number of pyridine rings is 1. The highest BCUT2D eigenvalue weighted by Gasteiger charge is 2.32. The molecular weight excluding hydrogens is 479 g/mol. The SMILES string of the molecule is CC(C)(C)c1ccc(Nc2c(C(=O)C3CC3)cnc3ccc(-c4cc(Cl)c(O)c(Cl)c4)cc23)cc1. The molecule has 1 saturated carbocycles. The average Bonchev–Trinajstić information content (AvgIpc) is 3.67. The van der Waals surface area contributed by atoms with Crippen molar-refractivity contribution in [1.82, 2.24) is 4.98 Å². The molecule has 5 rings (SSSR count). The lowest BCUT2D eigenvalue weighted by atomic mass is 9.87. The molecule has 0 aliphatic heterocycles. The van der Waals surface area contributed by atoms with E-state index >= 15 is 0 Å². The summed E-state index contributed by atoms with van der Waals surface area (Å²) in [4.78, 5) is 17.8. The molecule has 1 heterocycles. The minimum absolute atomic E-state index is 0.0521. The monoisotopic (exact) mass is 504 g/mol. The van der Waals surface area contributed by atoms with Gasteiger partial charge in [0, 0.05) is 23.2 Å². The van der Waals surface area contributed by atoms with Crippen LogP contribution in [0.25, 0.3) is 22.0 Å². The lowest BCUT2D eigenvalue weighted by Gasteiger charge is -2.20. The normalized spacial score (nSPS) is 13.7. The van der Waals surface area contributed by atoms with Crippen molar-refractivity contribution >= 4 is 51.3 Å². The third-order valence-electron chi connectivity index (χ3n) is 6.45. The Morgan fingerprint density at radius 1 is 0.971 bits per heavy atom. The van der Waals surface area contributed by atoms with Gasteiger partial charge in [-0.3, -0.25) is 9.78 Å². The number of fused-ring (bicyclic) bond motifs is 1. The van der Waals surface area contributed by atoms with E-state index in [1.54, 1.807) is 18.3 Å². The van der Waals surface area contributed by atoms with E-state index in [0.717, 1.165) is 46.2 Å². The number of benzene rings is 3. The molecule has 4 aromatic rings. The molecule has 0 unspecified atom stereocenters. The number of nitrogens with one attached hydrogen (secondary N) is 1. The van der Waals surface area contributed by atoms with Gasteiger partial charge in [-0.2, -0.15) is 0 Å². The third-order valence-corrected chi connectivity index (χ3v) is 7.03. The first-order chi connectivity index (χ1) is 16.6. The number of phenols is 1. The summed E-state index contributed by atoms with van der Waals surface area (Å²) in [7, 11) is 0. The number of nitrogens with zero attached hydrogens (tertiary/aromatic N) is 1. The molecule has 0 radical (unpaired) electrons. The van der Waals surface area contributed by atoms with Crippen LogP contribution in [0.1, 0.15) is 49.5 Å². The van der Waals surface area contributed by atoms with Gasteiger partial charge in [-0.25, -0.2) is 0 Å². The van der Waals surface area contributed by atoms with E-state index < -0.39 is 0 Å². The van der Waals surface area contributed by atoms with Crippen LogP contribution in [-0.2, 0) is 5.41 Å². The van der Waals surface area contributed by atoms with E-state index in [2.05, 4.69) is 43.2 Å². The zero-order chi connectivity index (χ0) is 24.9. The molecule has 0 spiro atoms. The van der Waals surface area contributed by atoms with Crippen molar-refractivity contribution < 1.29 is 9.90 Å². The Hall–Kier alpha value is -3.08. The number of phenolic OH excluding ortho intramolecular Hbond substituents is 1. The van der Waals surface area contributed by atoms with Gasteiger partial charge in [0.2, 0.25) is 0 Å². The highest BCUT2D eigenvalue weighted by Crippen LogP contribution is 2.40. The van der Waals surface area contributed by atoms with E-state index in [1.165, 1.54) is 5.56 Å². The number of ketones is 1. The van der Waals surface area contributed by atoms with Gasteiger partial charge in [0.05, 0.1) is 26.8 Å². The van der Waals surface area contributed by atoms with Crippen molar-refractivity contribution in [2.45, 2.75) is 39.0 Å². The molecule has 1 aliphatic rings. The topological polar surface area (TPSA) is 62.2 Å². The Bertz CT molecular complexity index is 1430. The van der Waals surface area contributed by atoms with Crippen molar-refractivity contribution in [1.29, 1.82) is 0 Å². The first-order valence-corrected chi connectivity index (χ1v) is 12.4. The average molecular weight is 505 g/mol. The number of hydrogen-bond acceptors (Lipinski definition) is 4. The molecule has 6 heteroatoms. The highest BCUT2D eigenvalue weighted by atomic mass is 35.5. The van der Waals surface area contributed by atoms with Crippen LogP contribution in [0, 0.1) is 5.92 Å². The number of halogens is 2. The molecule has 1 fully saturated rings. The molecule has 1 aromatic heterocycles. The minimum Gasteiger partial charge on any atom is -0.505 e. The lowest BCUT2D eigenvalue weighted by Crippen LogP contribution is -2.11. The Morgan fingerprint density at radius 2 is 1.63 bits per heavy atom. The van der Waals surface area contributed by atoms with Gasteiger partial charge in [0.1, 0.15) is 0 Å². The van der Waals surface area contributed by atoms with Crippen LogP contribution >= 0.6 is 23.2 Å². The highest BCUT2D eigenvalue weighted by molar-refractivity contribution is 6.37. The molecule has 0 atom stereocenters. The van der Waals surface area contributed by atoms with Crippen molar-refractivity contribution in [2.24, 2.45) is 5.92 Å². The van der Waals surface area contributed by atoms with Crippen LogP contribution in [0.2, 0.25) is 10.0 Å². The van der Waals surface area contributed by atoms with Crippen LogP contribution in [-0.4, -0.2) is 15.9 Å². The van der Waals surface area contributed by atoms with E-state index in [-0.39, 0.29) is 32.9 Å². The van der Waals surface area contributed by atoms with E-state index in [1.807, 2.05) is 30.3 Å². The van der Waals surface area contributed by atoms with E-state index in [0.29, 0.717) is 5.56 Å². The molecule has 2 N–H and O–H groups in total. The number of hydrogen-bond donors (Lipinski definition) is 2. The smallest absolute Gasteiger partial charge is 0.169 e. The quantitative estimate of drug-likeness (QED) is 0.267. The van der Waals surface area contributed by atoms with Crippen molar-refractivity contribution in [3.05, 3.63) is 82.0 Å². The van der Waals surface area contributed by atoms with Crippen molar-refractivity contribution in [2.75, 3.05) is 5.32 Å². The zero-order valence-corrected chi connectivity index (χ0v) is 21.3. The maximum atomic E-state index is 13.2. The molecule has 178 valence electrons. The molecule has 3 aromatic carbocycles. The van der Waals surface area contributed by atoms with E-state index in [4.69, 9.17) is 23.2 Å². The van der Waals surface area contributed by atoms with Crippen LogP contribution < -0.4 is 5.32 Å². The number of carbonyl (C=O) groups is 1. The third kappa shape index (κ3) is 4.73. The second-order valence-corrected chi connectivity index (χ2v) is 11.0. The first kappa shape index (κ1) is 23.7. The summed E-state index contributed by atoms with van der Waals surface area (Å²) < 4.78 is 0.